The number of anilines is 3. The Kier molecular flexibility index (Phi) is 4.44. The van der Waals surface area contributed by atoms with Crippen LogP contribution in [0.15, 0.2) is 40.9 Å². The highest BCUT2D eigenvalue weighted by molar-refractivity contribution is 9.10. The molecular formula is C13H13BrClN3. The van der Waals surface area contributed by atoms with Gasteiger partial charge in [-0.1, -0.05) is 23.7 Å². The number of pyridine rings is 1. The summed E-state index contributed by atoms with van der Waals surface area (Å²) in [7, 11) is 0. The second kappa shape index (κ2) is 6.07. The van der Waals surface area contributed by atoms with E-state index in [0.29, 0.717) is 5.02 Å². The summed E-state index contributed by atoms with van der Waals surface area (Å²) in [4.78, 5) is 4.44. The van der Waals surface area contributed by atoms with E-state index in [1.54, 1.807) is 0 Å². The van der Waals surface area contributed by atoms with Crippen LogP contribution in [0.1, 0.15) is 6.92 Å². The number of nitrogens with one attached hydrogen (secondary N) is 2. The van der Waals surface area contributed by atoms with E-state index in [1.807, 2.05) is 43.3 Å². The van der Waals surface area contributed by atoms with Crippen LogP contribution in [-0.4, -0.2) is 11.5 Å². The molecular weight excluding hydrogens is 314 g/mol. The minimum absolute atomic E-state index is 0.669. The molecule has 3 nitrogen and oxygen atoms in total. The molecule has 1 aromatic carbocycles. The van der Waals surface area contributed by atoms with Gasteiger partial charge in [-0.05, 0) is 47.1 Å². The number of benzene rings is 1. The van der Waals surface area contributed by atoms with Crippen molar-refractivity contribution < 1.29 is 0 Å². The van der Waals surface area contributed by atoms with E-state index < -0.39 is 0 Å². The van der Waals surface area contributed by atoms with Crippen LogP contribution in [0.2, 0.25) is 5.02 Å². The van der Waals surface area contributed by atoms with Crippen LogP contribution < -0.4 is 10.6 Å². The maximum absolute atomic E-state index is 6.04. The molecule has 5 heteroatoms. The molecule has 94 valence electrons. The summed E-state index contributed by atoms with van der Waals surface area (Å²) in [5.41, 5.74) is 0.892. The lowest BCUT2D eigenvalue weighted by Crippen LogP contribution is -2.01. The molecule has 0 aliphatic heterocycles. The monoisotopic (exact) mass is 325 g/mol. The molecule has 0 fully saturated rings. The minimum atomic E-state index is 0.669. The Morgan fingerprint density at radius 2 is 1.89 bits per heavy atom. The number of hydrogen-bond donors (Lipinski definition) is 2. The molecule has 0 aliphatic carbocycles. The lowest BCUT2D eigenvalue weighted by Gasteiger charge is -2.10. The van der Waals surface area contributed by atoms with Crippen molar-refractivity contribution in [2.24, 2.45) is 0 Å². The van der Waals surface area contributed by atoms with Crippen molar-refractivity contribution in [2.75, 3.05) is 17.2 Å². The number of halogens is 2. The molecule has 0 saturated carbocycles. The van der Waals surface area contributed by atoms with Crippen LogP contribution in [0.25, 0.3) is 0 Å². The first-order chi connectivity index (χ1) is 8.70. The van der Waals surface area contributed by atoms with E-state index in [1.165, 1.54) is 0 Å². The van der Waals surface area contributed by atoms with Gasteiger partial charge in [-0.25, -0.2) is 4.98 Å². The van der Waals surface area contributed by atoms with E-state index in [9.17, 15) is 0 Å². The van der Waals surface area contributed by atoms with Crippen LogP contribution in [0.3, 0.4) is 0 Å². The fraction of sp³-hybridized carbons (Fsp3) is 0.154. The van der Waals surface area contributed by atoms with Crippen LogP contribution in [0, 0.1) is 0 Å². The Labute approximate surface area is 120 Å². The third-order valence-corrected chi connectivity index (χ3v) is 3.72. The largest absolute Gasteiger partial charge is 0.370 e. The molecule has 0 saturated heterocycles. The fourth-order valence-electron chi connectivity index (χ4n) is 1.52. The van der Waals surface area contributed by atoms with Gasteiger partial charge in [-0.2, -0.15) is 0 Å². The van der Waals surface area contributed by atoms with Crippen molar-refractivity contribution >= 4 is 44.9 Å². The molecule has 0 amide bonds. The average Bonchev–Trinajstić information content (AvgIpc) is 2.36. The summed E-state index contributed by atoms with van der Waals surface area (Å²) in [6.45, 7) is 2.88. The first-order valence-electron chi connectivity index (χ1n) is 5.62. The highest BCUT2D eigenvalue weighted by Gasteiger charge is 2.04. The molecule has 0 bridgehead atoms. The second-order valence-electron chi connectivity index (χ2n) is 3.66. The standard InChI is InChI=1S/C13H13BrClN3/c1-2-16-11-7-4-8-12(18-11)17-10-6-3-5-9(15)13(10)14/h3-8H,2H2,1H3,(H2,16,17,18). The number of nitrogens with zero attached hydrogens (tertiary/aromatic N) is 1. The zero-order valence-electron chi connectivity index (χ0n) is 9.87. The van der Waals surface area contributed by atoms with Gasteiger partial charge < -0.3 is 10.6 Å². The van der Waals surface area contributed by atoms with Crippen molar-refractivity contribution in [1.29, 1.82) is 0 Å². The summed E-state index contributed by atoms with van der Waals surface area (Å²) in [6.07, 6.45) is 0. The van der Waals surface area contributed by atoms with Gasteiger partial charge in [0.15, 0.2) is 0 Å². The highest BCUT2D eigenvalue weighted by atomic mass is 79.9. The number of hydrogen-bond acceptors (Lipinski definition) is 3. The van der Waals surface area contributed by atoms with Crippen LogP contribution in [-0.2, 0) is 0 Å². The predicted octanol–water partition coefficient (Wildman–Crippen LogP) is 4.67. The van der Waals surface area contributed by atoms with Gasteiger partial charge >= 0.3 is 0 Å². The Hall–Kier alpha value is -1.26. The molecule has 0 unspecified atom stereocenters. The number of aromatic nitrogens is 1. The Bertz CT molecular complexity index is 546. The molecule has 2 N–H and O–H groups in total. The molecule has 0 atom stereocenters. The van der Waals surface area contributed by atoms with E-state index in [4.69, 9.17) is 11.6 Å². The summed E-state index contributed by atoms with van der Waals surface area (Å²) >= 11 is 9.49. The van der Waals surface area contributed by atoms with Gasteiger partial charge in [-0.15, -0.1) is 0 Å². The van der Waals surface area contributed by atoms with Gasteiger partial charge in [0.2, 0.25) is 0 Å². The fourth-order valence-corrected chi connectivity index (χ4v) is 2.06. The smallest absolute Gasteiger partial charge is 0.132 e. The van der Waals surface area contributed by atoms with Crippen molar-refractivity contribution in [2.45, 2.75) is 6.92 Å². The first-order valence-corrected chi connectivity index (χ1v) is 6.79. The zero-order chi connectivity index (χ0) is 13.0. The van der Waals surface area contributed by atoms with E-state index in [-0.39, 0.29) is 0 Å². The molecule has 0 aliphatic rings. The number of rotatable bonds is 4. The predicted molar refractivity (Wildman–Crippen MR) is 80.8 cm³/mol. The van der Waals surface area contributed by atoms with Gasteiger partial charge in [0.05, 0.1) is 15.2 Å². The topological polar surface area (TPSA) is 37.0 Å². The maximum atomic E-state index is 6.04. The molecule has 0 radical (unpaired) electrons. The molecule has 0 spiro atoms. The van der Waals surface area contributed by atoms with Gasteiger partial charge in [-0.3, -0.25) is 0 Å². The first kappa shape index (κ1) is 13.2. The molecule has 2 rings (SSSR count). The zero-order valence-corrected chi connectivity index (χ0v) is 12.2. The van der Waals surface area contributed by atoms with E-state index >= 15 is 0 Å². The molecule has 1 heterocycles. The summed E-state index contributed by atoms with van der Waals surface area (Å²) in [6, 6.07) is 11.5. The minimum Gasteiger partial charge on any atom is -0.370 e. The van der Waals surface area contributed by atoms with Crippen molar-refractivity contribution in [3.8, 4) is 0 Å². The molecule has 18 heavy (non-hydrogen) atoms. The third-order valence-electron chi connectivity index (χ3n) is 2.32. The normalized spacial score (nSPS) is 10.2. The van der Waals surface area contributed by atoms with Crippen LogP contribution in [0.4, 0.5) is 17.3 Å². The Balaban J connectivity index is 2.23. The van der Waals surface area contributed by atoms with Gasteiger partial charge in [0.25, 0.3) is 0 Å². The van der Waals surface area contributed by atoms with E-state index in [0.717, 1.165) is 28.3 Å². The lowest BCUT2D eigenvalue weighted by atomic mass is 10.3. The quantitative estimate of drug-likeness (QED) is 0.857. The Morgan fingerprint density at radius 3 is 2.67 bits per heavy atom. The molecule has 2 aromatic rings. The molecule has 1 aromatic heterocycles. The van der Waals surface area contributed by atoms with Crippen LogP contribution >= 0.6 is 27.5 Å². The maximum Gasteiger partial charge on any atom is 0.132 e. The van der Waals surface area contributed by atoms with Gasteiger partial charge in [0.1, 0.15) is 11.6 Å². The van der Waals surface area contributed by atoms with Crippen molar-refractivity contribution in [3.05, 3.63) is 45.9 Å². The highest BCUT2D eigenvalue weighted by Crippen LogP contribution is 2.31. The third kappa shape index (κ3) is 3.15. The Morgan fingerprint density at radius 1 is 1.17 bits per heavy atom. The van der Waals surface area contributed by atoms with E-state index in [2.05, 4.69) is 31.5 Å². The lowest BCUT2D eigenvalue weighted by molar-refractivity contribution is 1.16. The summed E-state index contributed by atoms with van der Waals surface area (Å²) in [5.74, 6) is 1.62. The average molecular weight is 327 g/mol. The van der Waals surface area contributed by atoms with Gasteiger partial charge in [0, 0.05) is 6.54 Å². The van der Waals surface area contributed by atoms with Crippen LogP contribution in [0.5, 0.6) is 0 Å². The summed E-state index contributed by atoms with van der Waals surface area (Å²) < 4.78 is 0.835. The van der Waals surface area contributed by atoms with Crippen molar-refractivity contribution in [1.82, 2.24) is 4.98 Å². The SMILES string of the molecule is CCNc1cccc(Nc2cccc(Cl)c2Br)n1. The van der Waals surface area contributed by atoms with Crippen molar-refractivity contribution in [3.63, 3.8) is 0 Å². The summed E-state index contributed by atoms with van der Waals surface area (Å²) in [5, 5.41) is 7.07. The second-order valence-corrected chi connectivity index (χ2v) is 4.86.